The van der Waals surface area contributed by atoms with Gasteiger partial charge in [0.25, 0.3) is 0 Å². The number of rotatable bonds is 3. The van der Waals surface area contributed by atoms with Gasteiger partial charge in [0.2, 0.25) is 0 Å². The maximum Gasteiger partial charge on any atom is 0.417 e. The molecule has 0 aliphatic heterocycles. The van der Waals surface area contributed by atoms with Crippen LogP contribution in [-0.2, 0) is 12.4 Å². The Balaban J connectivity index is 0.00000300. The van der Waals surface area contributed by atoms with Gasteiger partial charge in [-0.1, -0.05) is 62.4 Å². The van der Waals surface area contributed by atoms with Crippen LogP contribution >= 0.6 is 19.9 Å². The van der Waals surface area contributed by atoms with E-state index < -0.39 is 32.7 Å². The molecule has 0 aliphatic carbocycles. The van der Waals surface area contributed by atoms with E-state index in [1.54, 1.807) is 6.07 Å². The van der Waals surface area contributed by atoms with E-state index in [9.17, 15) is 26.3 Å². The zero-order valence-electron chi connectivity index (χ0n) is 14.6. The van der Waals surface area contributed by atoms with Gasteiger partial charge < -0.3 is 5.48 Å². The van der Waals surface area contributed by atoms with Crippen molar-refractivity contribution in [3.63, 3.8) is 0 Å². The van der Waals surface area contributed by atoms with E-state index in [0.717, 1.165) is 24.3 Å². The third kappa shape index (κ3) is 4.39. The molecule has 9 heteroatoms. The predicted octanol–water partition coefficient (Wildman–Crippen LogP) is 7.34. The number of alkyl halides is 6. The summed E-state index contributed by atoms with van der Waals surface area (Å²) in [5.41, 5.74) is -2.11. The van der Waals surface area contributed by atoms with Crippen LogP contribution in [0.4, 0.5) is 26.3 Å². The van der Waals surface area contributed by atoms with Crippen LogP contribution in [0.25, 0.3) is 0 Å². The molecule has 0 fully saturated rings. The second-order valence-corrected chi connectivity index (χ2v) is 9.65. The third-order valence-corrected chi connectivity index (χ3v) is 8.44. The van der Waals surface area contributed by atoms with Gasteiger partial charge in [0.1, 0.15) is 0 Å². The summed E-state index contributed by atoms with van der Waals surface area (Å²) in [5, 5.41) is 0. The Labute approximate surface area is 169 Å². The summed E-state index contributed by atoms with van der Waals surface area (Å²) in [6.07, 6.45) is -9.54. The number of benzene rings is 3. The van der Waals surface area contributed by atoms with Gasteiger partial charge in [-0.05, 0) is 36.4 Å². The van der Waals surface area contributed by atoms with E-state index >= 15 is 0 Å². The highest BCUT2D eigenvalue weighted by atomic mass is 35.7. The third-order valence-electron chi connectivity index (χ3n) is 4.06. The molecule has 0 spiro atoms. The molecule has 1 nitrogen and oxygen atoms in total. The maximum absolute atomic E-state index is 13.7. The maximum atomic E-state index is 13.7. The lowest BCUT2D eigenvalue weighted by Gasteiger charge is -2.37. The molecule has 3 aromatic rings. The Kier molecular flexibility index (Phi) is 6.61. The molecule has 3 rings (SSSR count). The molecule has 0 atom stereocenters. The molecule has 2 N–H and O–H groups in total. The highest BCUT2D eigenvalue weighted by molar-refractivity contribution is 8.51. The molecule has 0 radical (unpaired) electrons. The van der Waals surface area contributed by atoms with Crippen molar-refractivity contribution < 1.29 is 31.8 Å². The standard InChI is InChI=1S/C20H13ClF6S.H2O/c21-28(14-8-2-1-3-9-14,17-12-6-4-10-15(17)19(22,23)24)18-13-7-5-11-16(18)20(25,26)27;/h1-13H;1H2. The second kappa shape index (κ2) is 8.30. The van der Waals surface area contributed by atoms with Gasteiger partial charge in [-0.15, -0.1) is 0 Å². The average molecular weight is 453 g/mol. The van der Waals surface area contributed by atoms with E-state index in [4.69, 9.17) is 10.7 Å². The molecule has 0 bridgehead atoms. The lowest BCUT2D eigenvalue weighted by Crippen LogP contribution is -2.14. The van der Waals surface area contributed by atoms with Gasteiger partial charge in [0.05, 0.1) is 11.1 Å². The fourth-order valence-electron chi connectivity index (χ4n) is 2.87. The predicted molar refractivity (Wildman–Crippen MR) is 101 cm³/mol. The van der Waals surface area contributed by atoms with Crippen LogP contribution in [0, 0.1) is 0 Å². The van der Waals surface area contributed by atoms with Gasteiger partial charge in [-0.25, -0.2) is 0 Å². The quantitative estimate of drug-likeness (QED) is 0.372. The first-order chi connectivity index (χ1) is 13.1. The molecule has 0 aliphatic rings. The van der Waals surface area contributed by atoms with Gasteiger partial charge in [0, 0.05) is 14.7 Å². The molecule has 29 heavy (non-hydrogen) atoms. The highest BCUT2D eigenvalue weighted by Gasteiger charge is 2.44. The second-order valence-electron chi connectivity index (χ2n) is 5.84. The van der Waals surface area contributed by atoms with Crippen molar-refractivity contribution in [3.05, 3.63) is 90.0 Å². The van der Waals surface area contributed by atoms with Crippen LogP contribution in [0.2, 0.25) is 0 Å². The molecule has 3 aromatic carbocycles. The first-order valence-electron chi connectivity index (χ1n) is 7.97. The smallest absolute Gasteiger partial charge is 0.412 e. The van der Waals surface area contributed by atoms with Gasteiger partial charge in [-0.2, -0.15) is 26.3 Å². The first-order valence-corrected chi connectivity index (χ1v) is 10.4. The summed E-state index contributed by atoms with van der Waals surface area (Å²) < 4.78 is 82.1. The van der Waals surface area contributed by atoms with Crippen LogP contribution in [0.1, 0.15) is 11.1 Å². The highest BCUT2D eigenvalue weighted by Crippen LogP contribution is 2.75. The van der Waals surface area contributed by atoms with Crippen molar-refractivity contribution in [1.29, 1.82) is 0 Å². The number of halogens is 7. The molecule has 0 saturated carbocycles. The van der Waals surface area contributed by atoms with E-state index in [1.807, 2.05) is 0 Å². The number of hydrogen-bond acceptors (Lipinski definition) is 0. The largest absolute Gasteiger partial charge is 0.417 e. The average Bonchev–Trinajstić information content (AvgIpc) is 2.67. The SMILES string of the molecule is FC(F)(F)c1ccccc1S(Cl)(c1ccccc1)c1ccccc1C(F)(F)F.O. The van der Waals surface area contributed by atoms with Crippen molar-refractivity contribution in [3.8, 4) is 0 Å². The summed E-state index contributed by atoms with van der Waals surface area (Å²) in [5.74, 6) is 0. The fraction of sp³-hybridized carbons (Fsp3) is 0.100. The first kappa shape index (κ1) is 23.1. The van der Waals surface area contributed by atoms with E-state index in [-0.39, 0.29) is 20.2 Å². The summed E-state index contributed by atoms with van der Waals surface area (Å²) in [7, 11) is 3.45. The van der Waals surface area contributed by atoms with E-state index in [2.05, 4.69) is 0 Å². The Morgan fingerprint density at radius 2 is 0.897 bits per heavy atom. The number of hydrogen-bond donors (Lipinski definition) is 0. The zero-order valence-corrected chi connectivity index (χ0v) is 16.1. The van der Waals surface area contributed by atoms with E-state index in [0.29, 0.717) is 0 Å². The Morgan fingerprint density at radius 3 is 1.28 bits per heavy atom. The molecular formula is C20H15ClF6OS. The Bertz CT molecular complexity index is 915. The van der Waals surface area contributed by atoms with Gasteiger partial charge in [-0.3, -0.25) is 0 Å². The molecule has 0 heterocycles. The monoisotopic (exact) mass is 452 g/mol. The molecule has 156 valence electrons. The Morgan fingerprint density at radius 1 is 0.552 bits per heavy atom. The molecule has 0 aromatic heterocycles. The van der Waals surface area contributed by atoms with Crippen molar-refractivity contribution in [1.82, 2.24) is 0 Å². The van der Waals surface area contributed by atoms with Crippen LogP contribution in [0.5, 0.6) is 0 Å². The summed E-state index contributed by atoms with van der Waals surface area (Å²) in [6, 6.07) is 16.6. The van der Waals surface area contributed by atoms with E-state index in [1.165, 1.54) is 48.5 Å². The minimum absolute atomic E-state index is 0. The van der Waals surface area contributed by atoms with Crippen molar-refractivity contribution >= 4 is 19.9 Å². The lowest BCUT2D eigenvalue weighted by atomic mass is 10.2. The summed E-state index contributed by atoms with van der Waals surface area (Å²) in [4.78, 5) is -0.579. The van der Waals surface area contributed by atoms with Crippen molar-refractivity contribution in [2.75, 3.05) is 0 Å². The van der Waals surface area contributed by atoms with Gasteiger partial charge >= 0.3 is 12.4 Å². The molecule has 0 amide bonds. The van der Waals surface area contributed by atoms with Crippen LogP contribution in [0.3, 0.4) is 0 Å². The van der Waals surface area contributed by atoms with Gasteiger partial charge in [0.15, 0.2) is 0 Å². The minimum Gasteiger partial charge on any atom is -0.412 e. The normalized spacial score (nSPS) is 12.9. The van der Waals surface area contributed by atoms with Crippen molar-refractivity contribution in [2.24, 2.45) is 0 Å². The van der Waals surface area contributed by atoms with Crippen molar-refractivity contribution in [2.45, 2.75) is 27.0 Å². The summed E-state index contributed by atoms with van der Waals surface area (Å²) in [6.45, 7) is 0. The molecule has 0 unspecified atom stereocenters. The topological polar surface area (TPSA) is 31.5 Å². The van der Waals surface area contributed by atoms with Crippen LogP contribution < -0.4 is 0 Å². The Hall–Kier alpha value is -2.16. The molecule has 0 saturated heterocycles. The lowest BCUT2D eigenvalue weighted by molar-refractivity contribution is -0.140. The summed E-state index contributed by atoms with van der Waals surface area (Å²) >= 11 is 0. The molecular weight excluding hydrogens is 438 g/mol. The zero-order chi connectivity index (χ0) is 20.6. The van der Waals surface area contributed by atoms with Crippen LogP contribution in [-0.4, -0.2) is 5.48 Å². The minimum atomic E-state index is -4.77. The fourth-order valence-corrected chi connectivity index (χ4v) is 6.77. The van der Waals surface area contributed by atoms with Crippen LogP contribution in [0.15, 0.2) is 93.5 Å².